The van der Waals surface area contributed by atoms with Gasteiger partial charge >= 0.3 is 18.2 Å². The van der Waals surface area contributed by atoms with Gasteiger partial charge < -0.3 is 15.7 Å². The van der Waals surface area contributed by atoms with Crippen molar-refractivity contribution in [3.8, 4) is 11.1 Å². The molecule has 29 heavy (non-hydrogen) atoms. The van der Waals surface area contributed by atoms with Gasteiger partial charge in [-0.15, -0.1) is 0 Å². The minimum absolute atomic E-state index is 0.0904. The largest absolute Gasteiger partial charge is 0.480 e. The smallest absolute Gasteiger partial charge is 0.413 e. The van der Waals surface area contributed by atoms with Gasteiger partial charge in [-0.25, -0.2) is 18.4 Å². The molecule has 0 aromatic heterocycles. The van der Waals surface area contributed by atoms with Crippen molar-refractivity contribution in [3.05, 3.63) is 59.7 Å². The van der Waals surface area contributed by atoms with E-state index in [-0.39, 0.29) is 18.4 Å². The van der Waals surface area contributed by atoms with Crippen LogP contribution < -0.4 is 10.6 Å². The summed E-state index contributed by atoms with van der Waals surface area (Å²) in [6.45, 7) is 0. The molecule has 0 radical (unpaired) electrons. The highest BCUT2D eigenvalue weighted by Crippen LogP contribution is 2.37. The number of carboxylic acids is 1. The molecule has 1 fully saturated rings. The molecule has 1 atom stereocenters. The second-order valence-corrected chi connectivity index (χ2v) is 6.70. The van der Waals surface area contributed by atoms with Gasteiger partial charge in [0.1, 0.15) is 17.2 Å². The summed E-state index contributed by atoms with van der Waals surface area (Å²) in [6, 6.07) is 3.82. The Morgan fingerprint density at radius 3 is 2.07 bits per heavy atom. The highest BCUT2D eigenvalue weighted by Gasteiger charge is 2.52. The highest BCUT2D eigenvalue weighted by molar-refractivity contribution is 5.89. The summed E-state index contributed by atoms with van der Waals surface area (Å²) in [6.07, 6.45) is -4.85. The van der Waals surface area contributed by atoms with E-state index in [1.54, 1.807) is 5.32 Å². The lowest BCUT2D eigenvalue weighted by Gasteiger charge is -2.24. The molecule has 0 saturated heterocycles. The molecule has 1 aliphatic carbocycles. The molecule has 1 aliphatic rings. The number of alkyl halides is 3. The van der Waals surface area contributed by atoms with Crippen LogP contribution in [-0.2, 0) is 4.79 Å². The standard InChI is InChI=1S/C19H15F5N2O3/c20-12-4-1-10(2-5-12)11-3-6-13(14(21)9-11)15(19(22,23)24)25-17(29)26-18(7-8-18)16(27)28/h1-6,9,15H,7-8H2,(H,27,28)(H2,25,26,29)/t15-/m0/s1. The van der Waals surface area contributed by atoms with Gasteiger partial charge in [-0.1, -0.05) is 24.3 Å². The third-order valence-corrected chi connectivity index (χ3v) is 4.60. The number of carboxylic acid groups (broad SMARTS) is 1. The Bertz CT molecular complexity index is 940. The third-order valence-electron chi connectivity index (χ3n) is 4.60. The fraction of sp³-hybridized carbons (Fsp3) is 0.263. The summed E-state index contributed by atoms with van der Waals surface area (Å²) < 4.78 is 67.8. The van der Waals surface area contributed by atoms with Crippen LogP contribution in [0.4, 0.5) is 26.7 Å². The van der Waals surface area contributed by atoms with E-state index in [1.165, 1.54) is 18.2 Å². The van der Waals surface area contributed by atoms with Crippen LogP contribution in [0.25, 0.3) is 11.1 Å². The van der Waals surface area contributed by atoms with Gasteiger partial charge in [0.05, 0.1) is 0 Å². The van der Waals surface area contributed by atoms with Crippen LogP contribution in [-0.4, -0.2) is 28.8 Å². The molecule has 2 aromatic rings. The topological polar surface area (TPSA) is 78.4 Å². The van der Waals surface area contributed by atoms with Crippen LogP contribution in [0.2, 0.25) is 0 Å². The zero-order chi connectivity index (χ0) is 21.4. The first-order chi connectivity index (χ1) is 13.5. The van der Waals surface area contributed by atoms with Gasteiger partial charge in [0.15, 0.2) is 6.04 Å². The molecule has 3 N–H and O–H groups in total. The average Bonchev–Trinajstić information content (AvgIpc) is 3.40. The van der Waals surface area contributed by atoms with Crippen LogP contribution >= 0.6 is 0 Å². The predicted octanol–water partition coefficient (Wildman–Crippen LogP) is 4.15. The van der Waals surface area contributed by atoms with E-state index in [1.807, 2.05) is 5.32 Å². The van der Waals surface area contributed by atoms with E-state index in [0.717, 1.165) is 24.3 Å². The molecule has 0 bridgehead atoms. The monoisotopic (exact) mass is 414 g/mol. The summed E-state index contributed by atoms with van der Waals surface area (Å²) in [5.74, 6) is -3.10. The Kier molecular flexibility index (Phi) is 5.20. The minimum Gasteiger partial charge on any atom is -0.480 e. The van der Waals surface area contributed by atoms with Gasteiger partial charge in [0.2, 0.25) is 0 Å². The number of amides is 2. The molecule has 1 saturated carbocycles. The number of benzene rings is 2. The van der Waals surface area contributed by atoms with E-state index >= 15 is 0 Å². The zero-order valence-electron chi connectivity index (χ0n) is 14.7. The SMILES string of the molecule is O=C(N[C@@H](c1ccc(-c2ccc(F)cc2)cc1F)C(F)(F)F)NC1(C(=O)O)CC1. The zero-order valence-corrected chi connectivity index (χ0v) is 14.7. The van der Waals surface area contributed by atoms with Crippen molar-refractivity contribution >= 4 is 12.0 Å². The molecule has 10 heteroatoms. The van der Waals surface area contributed by atoms with E-state index in [9.17, 15) is 31.5 Å². The Balaban J connectivity index is 1.84. The van der Waals surface area contributed by atoms with E-state index in [4.69, 9.17) is 5.11 Å². The van der Waals surface area contributed by atoms with Gasteiger partial charge in [-0.3, -0.25) is 0 Å². The van der Waals surface area contributed by atoms with Crippen LogP contribution in [0.1, 0.15) is 24.4 Å². The van der Waals surface area contributed by atoms with Crippen LogP contribution in [0.3, 0.4) is 0 Å². The van der Waals surface area contributed by atoms with Crippen molar-refractivity contribution in [3.63, 3.8) is 0 Å². The summed E-state index contributed by atoms with van der Waals surface area (Å²) in [5, 5.41) is 12.6. The van der Waals surface area contributed by atoms with Gasteiger partial charge in [-0.05, 0) is 42.2 Å². The maximum atomic E-state index is 14.5. The number of urea groups is 1. The molecular formula is C19H15F5N2O3. The molecule has 154 valence electrons. The molecule has 3 rings (SSSR count). The second kappa shape index (κ2) is 7.34. The Labute approximate surface area is 161 Å². The number of carbonyl (C=O) groups excluding carboxylic acids is 1. The molecule has 5 nitrogen and oxygen atoms in total. The first-order valence-electron chi connectivity index (χ1n) is 8.46. The van der Waals surface area contributed by atoms with Crippen LogP contribution in [0.15, 0.2) is 42.5 Å². The van der Waals surface area contributed by atoms with E-state index < -0.39 is 47.0 Å². The first-order valence-corrected chi connectivity index (χ1v) is 8.46. The molecule has 2 aromatic carbocycles. The molecular weight excluding hydrogens is 399 g/mol. The number of rotatable bonds is 5. The fourth-order valence-electron chi connectivity index (χ4n) is 2.82. The number of nitrogens with one attached hydrogen (secondary N) is 2. The highest BCUT2D eigenvalue weighted by atomic mass is 19.4. The van der Waals surface area contributed by atoms with E-state index in [2.05, 4.69) is 0 Å². The first kappa shape index (κ1) is 20.6. The van der Waals surface area contributed by atoms with Crippen molar-refractivity contribution in [2.24, 2.45) is 0 Å². The lowest BCUT2D eigenvalue weighted by atomic mass is 9.99. The van der Waals surface area contributed by atoms with Crippen molar-refractivity contribution in [2.75, 3.05) is 0 Å². The van der Waals surface area contributed by atoms with E-state index in [0.29, 0.717) is 5.56 Å². The maximum Gasteiger partial charge on any atom is 0.413 e. The lowest BCUT2D eigenvalue weighted by molar-refractivity contribution is -0.155. The quantitative estimate of drug-likeness (QED) is 0.644. The number of hydrogen-bond donors (Lipinski definition) is 3. The Hall–Kier alpha value is -3.17. The summed E-state index contributed by atoms with van der Waals surface area (Å²) >= 11 is 0. The molecule has 2 amide bonds. The van der Waals surface area contributed by atoms with Gasteiger partial charge in [-0.2, -0.15) is 13.2 Å². The number of hydrogen-bond acceptors (Lipinski definition) is 2. The Morgan fingerprint density at radius 2 is 1.59 bits per heavy atom. The Morgan fingerprint density at radius 1 is 1.00 bits per heavy atom. The van der Waals surface area contributed by atoms with Gasteiger partial charge in [0.25, 0.3) is 0 Å². The fourth-order valence-corrected chi connectivity index (χ4v) is 2.82. The number of aliphatic carboxylic acids is 1. The summed E-state index contributed by atoms with van der Waals surface area (Å²) in [7, 11) is 0. The van der Waals surface area contributed by atoms with Crippen molar-refractivity contribution < 1.29 is 36.6 Å². The molecule has 0 aliphatic heterocycles. The summed E-state index contributed by atoms with van der Waals surface area (Å²) in [4.78, 5) is 23.0. The third kappa shape index (κ3) is 4.47. The number of carbonyl (C=O) groups is 2. The van der Waals surface area contributed by atoms with Crippen LogP contribution in [0, 0.1) is 11.6 Å². The minimum atomic E-state index is -5.03. The molecule has 0 heterocycles. The van der Waals surface area contributed by atoms with Crippen molar-refractivity contribution in [1.29, 1.82) is 0 Å². The second-order valence-electron chi connectivity index (χ2n) is 6.70. The van der Waals surface area contributed by atoms with Gasteiger partial charge in [0, 0.05) is 5.56 Å². The maximum absolute atomic E-state index is 14.5. The predicted molar refractivity (Wildman–Crippen MR) is 91.9 cm³/mol. The summed E-state index contributed by atoms with van der Waals surface area (Å²) in [5.41, 5.74) is -1.81. The van der Waals surface area contributed by atoms with Crippen LogP contribution in [0.5, 0.6) is 0 Å². The normalized spacial score (nSPS) is 16.0. The average molecular weight is 414 g/mol. The van der Waals surface area contributed by atoms with Crippen molar-refractivity contribution in [2.45, 2.75) is 30.6 Å². The van der Waals surface area contributed by atoms with Crippen molar-refractivity contribution in [1.82, 2.24) is 10.6 Å². The molecule has 0 spiro atoms. The lowest BCUT2D eigenvalue weighted by Crippen LogP contribution is -2.51. The number of halogens is 5. The molecule has 0 unspecified atom stereocenters.